The van der Waals surface area contributed by atoms with Crippen molar-refractivity contribution in [3.8, 4) is 0 Å². The Kier molecular flexibility index (Phi) is 8.20. The van der Waals surface area contributed by atoms with Crippen LogP contribution < -0.4 is 0 Å². The Labute approximate surface area is 167 Å². The van der Waals surface area contributed by atoms with Crippen LogP contribution in [0.1, 0.15) is 36.5 Å². The van der Waals surface area contributed by atoms with Crippen LogP contribution in [0.2, 0.25) is 0 Å². The van der Waals surface area contributed by atoms with E-state index in [1.165, 1.54) is 0 Å². The minimum absolute atomic E-state index is 0.226. The topological polar surface area (TPSA) is 60.4 Å². The Bertz CT molecular complexity index is 887. The van der Waals surface area contributed by atoms with Crippen molar-refractivity contribution < 1.29 is 17.9 Å². The maximum absolute atomic E-state index is 13.3. The molecule has 0 amide bonds. The molecule has 0 fully saturated rings. The fourth-order valence-electron chi connectivity index (χ4n) is 2.94. The molecule has 0 saturated heterocycles. The summed E-state index contributed by atoms with van der Waals surface area (Å²) in [6.07, 6.45) is 5.91. The fraction of sp³-hybridized carbons (Fsp3) is 0.261. The van der Waals surface area contributed by atoms with Gasteiger partial charge in [0.25, 0.3) is 0 Å². The summed E-state index contributed by atoms with van der Waals surface area (Å²) in [5.41, 5.74) is 0.388. The molecule has 148 valence electrons. The third-order valence-electron chi connectivity index (χ3n) is 4.37. The van der Waals surface area contributed by atoms with Crippen LogP contribution in [0.25, 0.3) is 0 Å². The zero-order valence-corrected chi connectivity index (χ0v) is 16.8. The average Bonchev–Trinajstić information content (AvgIpc) is 2.72. The second-order valence-corrected chi connectivity index (χ2v) is 8.54. The van der Waals surface area contributed by atoms with E-state index in [1.807, 2.05) is 0 Å². The van der Waals surface area contributed by atoms with Gasteiger partial charge in [0.2, 0.25) is 0 Å². The van der Waals surface area contributed by atoms with Gasteiger partial charge in [0.05, 0.1) is 10.5 Å². The molecule has 2 aromatic rings. The van der Waals surface area contributed by atoms with Crippen molar-refractivity contribution in [3.63, 3.8) is 0 Å². The third-order valence-corrected chi connectivity index (χ3v) is 6.60. The number of ether oxygens (including phenoxy) is 1. The molecule has 0 N–H and O–H groups in total. The van der Waals surface area contributed by atoms with Gasteiger partial charge in [0.1, 0.15) is 11.4 Å². The Hall–Kier alpha value is -2.66. The molecule has 0 spiro atoms. The van der Waals surface area contributed by atoms with Gasteiger partial charge in [0.15, 0.2) is 9.84 Å². The van der Waals surface area contributed by atoms with Gasteiger partial charge in [0, 0.05) is 0 Å². The normalized spacial score (nSPS) is 13.8. The molecule has 0 radical (unpaired) electrons. The van der Waals surface area contributed by atoms with Gasteiger partial charge in [-0.3, -0.25) is 0 Å². The Morgan fingerprint density at radius 3 is 2.25 bits per heavy atom. The van der Waals surface area contributed by atoms with Crippen LogP contribution in [0.3, 0.4) is 0 Å². The highest BCUT2D eigenvalue weighted by Crippen LogP contribution is 2.26. The summed E-state index contributed by atoms with van der Waals surface area (Å²) >= 11 is 0. The first kappa shape index (κ1) is 21.6. The SMILES string of the molecule is C=CCCCC(C(/C=C/C)OC(=O)c1ccccc1)S(=O)(=O)c1ccccc1. The van der Waals surface area contributed by atoms with E-state index < -0.39 is 27.2 Å². The summed E-state index contributed by atoms with van der Waals surface area (Å²) in [5.74, 6) is -0.541. The number of hydrogen-bond acceptors (Lipinski definition) is 4. The number of esters is 1. The molecule has 0 aliphatic rings. The van der Waals surface area contributed by atoms with E-state index in [0.717, 1.165) is 0 Å². The molecular formula is C23H26O4S. The first-order valence-electron chi connectivity index (χ1n) is 9.29. The van der Waals surface area contributed by atoms with Crippen molar-refractivity contribution in [1.82, 2.24) is 0 Å². The molecule has 2 atom stereocenters. The van der Waals surface area contributed by atoms with E-state index in [4.69, 9.17) is 4.74 Å². The number of sulfone groups is 1. The standard InChI is InChI=1S/C23H26O4S/c1-3-5-8-18-22(28(25,26)20-16-11-7-12-17-20)21(13-4-2)27-23(24)19-14-9-6-10-15-19/h3-4,6-7,9-17,21-22H,1,5,8,18H2,2H3/b13-4+. The summed E-state index contributed by atoms with van der Waals surface area (Å²) in [6, 6.07) is 16.9. The Morgan fingerprint density at radius 2 is 1.68 bits per heavy atom. The number of benzene rings is 2. The predicted octanol–water partition coefficient (Wildman–Crippen LogP) is 4.99. The van der Waals surface area contributed by atoms with Crippen molar-refractivity contribution in [2.75, 3.05) is 0 Å². The number of allylic oxidation sites excluding steroid dienone is 2. The lowest BCUT2D eigenvalue weighted by Gasteiger charge is -2.25. The number of rotatable bonds is 10. The van der Waals surface area contributed by atoms with E-state index in [1.54, 1.807) is 85.8 Å². The van der Waals surface area contributed by atoms with Crippen molar-refractivity contribution in [2.24, 2.45) is 0 Å². The third kappa shape index (κ3) is 5.67. The van der Waals surface area contributed by atoms with Crippen LogP contribution in [-0.4, -0.2) is 25.7 Å². The van der Waals surface area contributed by atoms with Crippen LogP contribution in [0, 0.1) is 0 Å². The molecule has 0 bridgehead atoms. The van der Waals surface area contributed by atoms with Crippen LogP contribution in [0.15, 0.2) is 90.4 Å². The predicted molar refractivity (Wildman–Crippen MR) is 112 cm³/mol. The lowest BCUT2D eigenvalue weighted by molar-refractivity contribution is 0.0382. The van der Waals surface area contributed by atoms with Gasteiger partial charge in [-0.2, -0.15) is 0 Å². The number of hydrogen-bond donors (Lipinski definition) is 0. The molecule has 0 aliphatic carbocycles. The average molecular weight is 399 g/mol. The summed E-state index contributed by atoms with van der Waals surface area (Å²) in [5, 5.41) is -0.876. The molecule has 4 nitrogen and oxygen atoms in total. The number of carbonyl (C=O) groups is 1. The van der Waals surface area contributed by atoms with Crippen molar-refractivity contribution >= 4 is 15.8 Å². The van der Waals surface area contributed by atoms with E-state index in [9.17, 15) is 13.2 Å². The van der Waals surface area contributed by atoms with E-state index >= 15 is 0 Å². The monoisotopic (exact) mass is 398 g/mol. The van der Waals surface area contributed by atoms with Crippen LogP contribution >= 0.6 is 0 Å². The van der Waals surface area contributed by atoms with Gasteiger partial charge in [-0.25, -0.2) is 13.2 Å². The highest BCUT2D eigenvalue weighted by atomic mass is 32.2. The molecule has 0 heterocycles. The molecule has 2 rings (SSSR count). The zero-order valence-electron chi connectivity index (χ0n) is 16.0. The molecule has 28 heavy (non-hydrogen) atoms. The Balaban J connectivity index is 2.36. The lowest BCUT2D eigenvalue weighted by Crippen LogP contribution is -2.36. The molecule has 0 saturated carbocycles. The smallest absolute Gasteiger partial charge is 0.338 e. The first-order chi connectivity index (χ1) is 13.5. The lowest BCUT2D eigenvalue weighted by atomic mass is 10.1. The van der Waals surface area contributed by atoms with Gasteiger partial charge < -0.3 is 4.74 Å². The molecular weight excluding hydrogens is 372 g/mol. The van der Waals surface area contributed by atoms with Crippen molar-refractivity contribution in [1.29, 1.82) is 0 Å². The van der Waals surface area contributed by atoms with Gasteiger partial charge in [-0.15, -0.1) is 6.58 Å². The summed E-state index contributed by atoms with van der Waals surface area (Å²) in [7, 11) is -3.69. The zero-order chi connectivity index (χ0) is 20.4. The second kappa shape index (κ2) is 10.6. The second-order valence-electron chi connectivity index (χ2n) is 6.38. The van der Waals surface area contributed by atoms with Crippen molar-refractivity contribution in [2.45, 2.75) is 42.4 Å². The Morgan fingerprint density at radius 1 is 1.07 bits per heavy atom. The maximum Gasteiger partial charge on any atom is 0.338 e. The minimum atomic E-state index is -3.69. The minimum Gasteiger partial charge on any atom is -0.453 e. The molecule has 5 heteroatoms. The number of unbranched alkanes of at least 4 members (excludes halogenated alkanes) is 1. The highest BCUT2D eigenvalue weighted by Gasteiger charge is 2.35. The molecule has 0 aromatic heterocycles. The van der Waals surface area contributed by atoms with E-state index in [-0.39, 0.29) is 4.90 Å². The molecule has 2 unspecified atom stereocenters. The summed E-state index contributed by atoms with van der Waals surface area (Å²) in [6.45, 7) is 5.48. The highest BCUT2D eigenvalue weighted by molar-refractivity contribution is 7.92. The van der Waals surface area contributed by atoms with E-state index in [0.29, 0.717) is 24.8 Å². The van der Waals surface area contributed by atoms with Gasteiger partial charge >= 0.3 is 5.97 Å². The van der Waals surface area contributed by atoms with Crippen LogP contribution in [-0.2, 0) is 14.6 Å². The molecule has 2 aromatic carbocycles. The van der Waals surface area contributed by atoms with E-state index in [2.05, 4.69) is 6.58 Å². The maximum atomic E-state index is 13.3. The van der Waals surface area contributed by atoms with Crippen molar-refractivity contribution in [3.05, 3.63) is 91.0 Å². The summed E-state index contributed by atoms with van der Waals surface area (Å²) < 4.78 is 32.3. The number of carbonyl (C=O) groups excluding carboxylic acids is 1. The largest absolute Gasteiger partial charge is 0.453 e. The first-order valence-corrected chi connectivity index (χ1v) is 10.8. The van der Waals surface area contributed by atoms with Gasteiger partial charge in [-0.05, 0) is 56.5 Å². The van der Waals surface area contributed by atoms with Crippen LogP contribution in [0.4, 0.5) is 0 Å². The molecule has 0 aliphatic heterocycles. The fourth-order valence-corrected chi connectivity index (χ4v) is 4.80. The summed E-state index contributed by atoms with van der Waals surface area (Å²) in [4.78, 5) is 12.8. The van der Waals surface area contributed by atoms with Crippen LogP contribution in [0.5, 0.6) is 0 Å². The quantitative estimate of drug-likeness (QED) is 0.321. The van der Waals surface area contributed by atoms with Gasteiger partial charge in [-0.1, -0.05) is 48.6 Å².